The first-order chi connectivity index (χ1) is 13.0. The van der Waals surface area contributed by atoms with E-state index < -0.39 is 10.0 Å². The fourth-order valence-corrected chi connectivity index (χ4v) is 3.68. The number of benzene rings is 1. The summed E-state index contributed by atoms with van der Waals surface area (Å²) in [6.07, 6.45) is 3.43. The summed E-state index contributed by atoms with van der Waals surface area (Å²) in [5, 5.41) is 4.21. The molecule has 3 aromatic rings. The smallest absolute Gasteiger partial charge is 0.266 e. The molecule has 0 unspecified atom stereocenters. The Morgan fingerprint density at radius 2 is 1.89 bits per heavy atom. The molecule has 2 heterocycles. The first-order valence-corrected chi connectivity index (χ1v) is 10.2. The predicted octanol–water partition coefficient (Wildman–Crippen LogP) is 2.43. The van der Waals surface area contributed by atoms with Crippen molar-refractivity contribution in [2.45, 2.75) is 31.2 Å². The molecule has 3 rings (SSSR count). The molecule has 0 radical (unpaired) electrons. The molecule has 0 atom stereocenters. The normalized spacial score (nSPS) is 11.6. The lowest BCUT2D eigenvalue weighted by Gasteiger charge is -2.09. The molecule has 0 aliphatic rings. The van der Waals surface area contributed by atoms with Crippen LogP contribution in [-0.4, -0.2) is 24.7 Å². The van der Waals surface area contributed by atoms with E-state index in [1.54, 1.807) is 30.3 Å². The maximum Gasteiger partial charge on any atom is 0.266 e. The Morgan fingerprint density at radius 3 is 2.56 bits per heavy atom. The van der Waals surface area contributed by atoms with Gasteiger partial charge in [-0.3, -0.25) is 4.79 Å². The Hall–Kier alpha value is -2.71. The van der Waals surface area contributed by atoms with Crippen LogP contribution in [0.4, 0.5) is 0 Å². The molecule has 0 saturated heterocycles. The van der Waals surface area contributed by atoms with Crippen molar-refractivity contribution >= 4 is 10.0 Å². The molecule has 142 valence electrons. The number of nitrogens with zero attached hydrogens (tertiary/aromatic N) is 2. The Kier molecular flexibility index (Phi) is 5.88. The zero-order valence-corrected chi connectivity index (χ0v) is 15.8. The average molecular weight is 387 g/mol. The molecular weight excluding hydrogens is 366 g/mol. The van der Waals surface area contributed by atoms with Gasteiger partial charge in [0, 0.05) is 12.6 Å². The topological polar surface area (TPSA) is 94.2 Å². The first-order valence-electron chi connectivity index (χ1n) is 8.70. The number of aryl methyl sites for hydroxylation is 1. The van der Waals surface area contributed by atoms with Crippen LogP contribution in [0.15, 0.2) is 68.9 Å². The number of aromatic nitrogens is 2. The van der Waals surface area contributed by atoms with Gasteiger partial charge in [0.25, 0.3) is 5.56 Å². The SMILES string of the molecule is CCCc1ccc(S(=O)(=O)NCCn2nc(-c3ccco3)ccc2=O)cc1. The molecule has 0 aliphatic heterocycles. The fraction of sp³-hybridized carbons (Fsp3) is 0.263. The van der Waals surface area contributed by atoms with Gasteiger partial charge < -0.3 is 4.42 Å². The lowest BCUT2D eigenvalue weighted by molar-refractivity contribution is 0.539. The van der Waals surface area contributed by atoms with Crippen molar-refractivity contribution < 1.29 is 12.8 Å². The summed E-state index contributed by atoms with van der Waals surface area (Å²) in [6.45, 7) is 2.23. The third-order valence-corrected chi connectivity index (χ3v) is 5.51. The highest BCUT2D eigenvalue weighted by Crippen LogP contribution is 2.15. The minimum atomic E-state index is -3.64. The van der Waals surface area contributed by atoms with E-state index in [0.717, 1.165) is 18.4 Å². The van der Waals surface area contributed by atoms with Gasteiger partial charge in [-0.1, -0.05) is 25.5 Å². The van der Waals surface area contributed by atoms with Crippen molar-refractivity contribution in [3.05, 3.63) is 70.7 Å². The van der Waals surface area contributed by atoms with Crippen molar-refractivity contribution in [3.63, 3.8) is 0 Å². The zero-order chi connectivity index (χ0) is 19.3. The lowest BCUT2D eigenvalue weighted by atomic mass is 10.1. The van der Waals surface area contributed by atoms with E-state index in [2.05, 4.69) is 16.7 Å². The summed E-state index contributed by atoms with van der Waals surface area (Å²) in [7, 11) is -3.64. The molecule has 2 aromatic heterocycles. The molecule has 1 aromatic carbocycles. The number of rotatable bonds is 8. The molecule has 0 bridgehead atoms. The molecule has 0 fully saturated rings. The van der Waals surface area contributed by atoms with Crippen LogP contribution in [-0.2, 0) is 23.0 Å². The van der Waals surface area contributed by atoms with Crippen LogP contribution in [0.5, 0.6) is 0 Å². The van der Waals surface area contributed by atoms with Gasteiger partial charge in [0.15, 0.2) is 5.76 Å². The van der Waals surface area contributed by atoms with Gasteiger partial charge in [-0.15, -0.1) is 0 Å². The van der Waals surface area contributed by atoms with E-state index in [4.69, 9.17) is 4.42 Å². The van der Waals surface area contributed by atoms with E-state index in [9.17, 15) is 13.2 Å². The average Bonchev–Trinajstić information content (AvgIpc) is 3.19. The standard InChI is InChI=1S/C19H21N3O4S/c1-2-4-15-6-8-16(9-7-15)27(24,25)20-12-13-22-19(23)11-10-17(21-22)18-5-3-14-26-18/h3,5-11,14,20H,2,4,12-13H2,1H3. The monoisotopic (exact) mass is 387 g/mol. The molecule has 8 heteroatoms. The summed E-state index contributed by atoms with van der Waals surface area (Å²) >= 11 is 0. The van der Waals surface area contributed by atoms with E-state index in [1.807, 2.05) is 12.1 Å². The quantitative estimate of drug-likeness (QED) is 0.641. The van der Waals surface area contributed by atoms with Crippen LogP contribution in [0, 0.1) is 0 Å². The van der Waals surface area contributed by atoms with Gasteiger partial charge in [-0.2, -0.15) is 5.10 Å². The maximum atomic E-state index is 12.4. The Balaban J connectivity index is 1.66. The molecule has 0 saturated carbocycles. The first kappa shape index (κ1) is 19.1. The van der Waals surface area contributed by atoms with E-state index in [0.29, 0.717) is 11.5 Å². The highest BCUT2D eigenvalue weighted by molar-refractivity contribution is 7.89. The maximum absolute atomic E-state index is 12.4. The molecule has 0 spiro atoms. The largest absolute Gasteiger partial charge is 0.463 e. The van der Waals surface area contributed by atoms with Gasteiger partial charge in [0.1, 0.15) is 5.69 Å². The number of sulfonamides is 1. The summed E-state index contributed by atoms with van der Waals surface area (Å²) in [6, 6.07) is 13.2. The Bertz CT molecular complexity index is 1040. The van der Waals surface area contributed by atoms with Crippen molar-refractivity contribution in [1.29, 1.82) is 0 Å². The van der Waals surface area contributed by atoms with Crippen LogP contribution in [0.1, 0.15) is 18.9 Å². The van der Waals surface area contributed by atoms with Crippen LogP contribution in [0.25, 0.3) is 11.5 Å². The summed E-state index contributed by atoms with van der Waals surface area (Å²) in [4.78, 5) is 12.2. The van der Waals surface area contributed by atoms with Gasteiger partial charge in [-0.05, 0) is 42.3 Å². The van der Waals surface area contributed by atoms with Crippen LogP contribution in [0.2, 0.25) is 0 Å². The van der Waals surface area contributed by atoms with Crippen LogP contribution >= 0.6 is 0 Å². The van der Waals surface area contributed by atoms with Crippen molar-refractivity contribution in [1.82, 2.24) is 14.5 Å². The molecule has 7 nitrogen and oxygen atoms in total. The van der Waals surface area contributed by atoms with Gasteiger partial charge in [-0.25, -0.2) is 17.8 Å². The molecule has 0 aliphatic carbocycles. The fourth-order valence-electron chi connectivity index (χ4n) is 2.66. The summed E-state index contributed by atoms with van der Waals surface area (Å²) in [5.74, 6) is 0.538. The van der Waals surface area contributed by atoms with Crippen molar-refractivity contribution in [2.24, 2.45) is 0 Å². The molecule has 0 amide bonds. The number of hydrogen-bond donors (Lipinski definition) is 1. The predicted molar refractivity (Wildman–Crippen MR) is 102 cm³/mol. The van der Waals surface area contributed by atoms with E-state index in [-0.39, 0.29) is 23.5 Å². The summed E-state index contributed by atoms with van der Waals surface area (Å²) < 4.78 is 33.8. The Labute approximate surface area is 157 Å². The van der Waals surface area contributed by atoms with Crippen LogP contribution in [0.3, 0.4) is 0 Å². The number of furan rings is 1. The zero-order valence-electron chi connectivity index (χ0n) is 15.0. The lowest BCUT2D eigenvalue weighted by Crippen LogP contribution is -2.32. The van der Waals surface area contributed by atoms with Crippen molar-refractivity contribution in [3.8, 4) is 11.5 Å². The third kappa shape index (κ3) is 4.72. The third-order valence-electron chi connectivity index (χ3n) is 4.03. The van der Waals surface area contributed by atoms with Crippen molar-refractivity contribution in [2.75, 3.05) is 6.54 Å². The molecule has 1 N–H and O–H groups in total. The number of nitrogens with one attached hydrogen (secondary N) is 1. The van der Waals surface area contributed by atoms with Gasteiger partial charge in [0.05, 0.1) is 17.7 Å². The van der Waals surface area contributed by atoms with Gasteiger partial charge in [0.2, 0.25) is 10.0 Å². The van der Waals surface area contributed by atoms with Gasteiger partial charge >= 0.3 is 0 Å². The molecule has 27 heavy (non-hydrogen) atoms. The number of hydrogen-bond acceptors (Lipinski definition) is 5. The minimum Gasteiger partial charge on any atom is -0.463 e. The van der Waals surface area contributed by atoms with E-state index in [1.165, 1.54) is 17.0 Å². The second-order valence-corrected chi connectivity index (χ2v) is 7.82. The van der Waals surface area contributed by atoms with E-state index >= 15 is 0 Å². The minimum absolute atomic E-state index is 0.0492. The highest BCUT2D eigenvalue weighted by atomic mass is 32.2. The second kappa shape index (κ2) is 8.32. The molecular formula is C19H21N3O4S. The second-order valence-electron chi connectivity index (χ2n) is 6.05. The highest BCUT2D eigenvalue weighted by Gasteiger charge is 2.14. The summed E-state index contributed by atoms with van der Waals surface area (Å²) in [5.41, 5.74) is 1.30. The van der Waals surface area contributed by atoms with Crippen LogP contribution < -0.4 is 10.3 Å². The Morgan fingerprint density at radius 1 is 1.11 bits per heavy atom.